The van der Waals surface area contributed by atoms with Crippen LogP contribution in [-0.4, -0.2) is 43.0 Å². The Morgan fingerprint density at radius 2 is 1.92 bits per heavy atom. The number of aromatic nitrogens is 4. The van der Waals surface area contributed by atoms with Crippen molar-refractivity contribution in [1.82, 2.24) is 25.3 Å². The summed E-state index contributed by atoms with van der Waals surface area (Å²) >= 11 is 0. The first kappa shape index (κ1) is 17.5. The van der Waals surface area contributed by atoms with Crippen LogP contribution in [-0.2, 0) is 4.79 Å². The minimum Gasteiger partial charge on any atom is -0.480 e. The van der Waals surface area contributed by atoms with Crippen LogP contribution >= 0.6 is 0 Å². The molecule has 0 radical (unpaired) electrons. The van der Waals surface area contributed by atoms with Gasteiger partial charge in [0.1, 0.15) is 6.04 Å². The Hall–Kier alpha value is -3.29. The molecule has 0 saturated carbocycles. The highest BCUT2D eigenvalue weighted by atomic mass is 16.4. The number of carbonyl (C=O) groups excluding carboxylic acids is 1. The number of hydrogen-bond acceptors (Lipinski definition) is 5. The van der Waals surface area contributed by atoms with Crippen molar-refractivity contribution in [2.75, 3.05) is 0 Å². The first-order valence-corrected chi connectivity index (χ1v) is 8.20. The van der Waals surface area contributed by atoms with E-state index in [1.165, 1.54) is 4.68 Å². The second kappa shape index (κ2) is 6.91. The zero-order valence-corrected chi connectivity index (χ0v) is 14.7. The fraction of sp³-hybridized carbons (Fsp3) is 0.278. The maximum absolute atomic E-state index is 12.5. The van der Waals surface area contributed by atoms with Gasteiger partial charge in [0, 0.05) is 11.6 Å². The molecule has 0 aliphatic heterocycles. The van der Waals surface area contributed by atoms with E-state index in [9.17, 15) is 14.7 Å². The number of para-hydroxylation sites is 1. The zero-order chi connectivity index (χ0) is 18.8. The summed E-state index contributed by atoms with van der Waals surface area (Å²) in [4.78, 5) is 28.2. The van der Waals surface area contributed by atoms with Crippen LogP contribution in [0.4, 0.5) is 0 Å². The van der Waals surface area contributed by atoms with Crippen LogP contribution in [0.1, 0.15) is 30.0 Å². The molecule has 134 valence electrons. The van der Waals surface area contributed by atoms with Crippen molar-refractivity contribution >= 4 is 22.8 Å². The van der Waals surface area contributed by atoms with E-state index in [1.54, 1.807) is 27.0 Å². The van der Waals surface area contributed by atoms with Crippen LogP contribution < -0.4 is 5.32 Å². The Bertz CT molecular complexity index is 975. The molecule has 0 bridgehead atoms. The molecule has 3 rings (SSSR count). The van der Waals surface area contributed by atoms with Gasteiger partial charge < -0.3 is 10.4 Å². The average molecular weight is 353 g/mol. The molecular formula is C18H19N5O3. The Balaban J connectivity index is 1.98. The fourth-order valence-electron chi connectivity index (χ4n) is 2.75. The van der Waals surface area contributed by atoms with Gasteiger partial charge in [0.05, 0.1) is 16.9 Å². The maximum Gasteiger partial charge on any atom is 0.326 e. The number of carboxylic acids is 1. The number of fused-ring (bicyclic) bond motifs is 1. The molecular weight excluding hydrogens is 334 g/mol. The molecule has 2 heterocycles. The lowest BCUT2D eigenvalue weighted by Crippen LogP contribution is -2.44. The third-order valence-corrected chi connectivity index (χ3v) is 4.17. The van der Waals surface area contributed by atoms with E-state index in [0.717, 1.165) is 10.9 Å². The van der Waals surface area contributed by atoms with Gasteiger partial charge in [0.2, 0.25) is 0 Å². The van der Waals surface area contributed by atoms with Crippen molar-refractivity contribution in [3.63, 3.8) is 0 Å². The van der Waals surface area contributed by atoms with Gasteiger partial charge in [-0.15, -0.1) is 5.10 Å². The molecule has 1 amide bonds. The van der Waals surface area contributed by atoms with Gasteiger partial charge >= 0.3 is 5.97 Å². The normalized spacial score (nSPS) is 12.3. The lowest BCUT2D eigenvalue weighted by atomic mass is 10.0. The number of nitrogens with one attached hydrogen (secondary N) is 1. The van der Waals surface area contributed by atoms with E-state index in [2.05, 4.69) is 20.6 Å². The van der Waals surface area contributed by atoms with Crippen molar-refractivity contribution in [3.8, 4) is 5.69 Å². The second-order valence-electron chi connectivity index (χ2n) is 6.32. The molecule has 8 nitrogen and oxygen atoms in total. The van der Waals surface area contributed by atoms with E-state index in [1.807, 2.05) is 30.3 Å². The molecule has 0 fully saturated rings. The lowest BCUT2D eigenvalue weighted by Gasteiger charge is -2.17. The van der Waals surface area contributed by atoms with E-state index >= 15 is 0 Å². The third-order valence-electron chi connectivity index (χ3n) is 4.17. The fourth-order valence-corrected chi connectivity index (χ4v) is 2.75. The van der Waals surface area contributed by atoms with Gasteiger partial charge in [-0.2, -0.15) is 0 Å². The lowest BCUT2D eigenvalue weighted by molar-refractivity contribution is -0.140. The van der Waals surface area contributed by atoms with Crippen LogP contribution in [0, 0.1) is 12.8 Å². The molecule has 0 saturated heterocycles. The molecule has 26 heavy (non-hydrogen) atoms. The number of nitrogens with zero attached hydrogens (tertiary/aromatic N) is 4. The molecule has 2 N–H and O–H groups in total. The summed E-state index contributed by atoms with van der Waals surface area (Å²) in [6.45, 7) is 5.16. The molecule has 1 aromatic carbocycles. The molecule has 1 atom stereocenters. The number of pyridine rings is 1. The van der Waals surface area contributed by atoms with Crippen LogP contribution in [0.5, 0.6) is 0 Å². The Labute approximate surface area is 149 Å². The monoisotopic (exact) mass is 353 g/mol. The minimum absolute atomic E-state index is 0.0878. The third kappa shape index (κ3) is 3.13. The van der Waals surface area contributed by atoms with Crippen LogP contribution in [0.3, 0.4) is 0 Å². The van der Waals surface area contributed by atoms with Gasteiger partial charge in [-0.1, -0.05) is 37.3 Å². The first-order valence-electron chi connectivity index (χ1n) is 8.20. The summed E-state index contributed by atoms with van der Waals surface area (Å²) in [5.41, 5.74) is 2.03. The number of carbonyl (C=O) groups is 2. The SMILES string of the molecule is Cc1c(C(=O)N[C@@H](C(=O)O)C(C)C)nnn1-c1cccc2cccnc12. The largest absolute Gasteiger partial charge is 0.480 e. The molecule has 2 aromatic heterocycles. The molecule has 0 aliphatic rings. The summed E-state index contributed by atoms with van der Waals surface area (Å²) in [5, 5.41) is 20.7. The van der Waals surface area contributed by atoms with Crippen molar-refractivity contribution in [2.45, 2.75) is 26.8 Å². The highest BCUT2D eigenvalue weighted by molar-refractivity contribution is 5.96. The smallest absolute Gasteiger partial charge is 0.326 e. The van der Waals surface area contributed by atoms with Crippen molar-refractivity contribution < 1.29 is 14.7 Å². The van der Waals surface area contributed by atoms with Crippen LogP contribution in [0.2, 0.25) is 0 Å². The Morgan fingerprint density at radius 1 is 1.19 bits per heavy atom. The van der Waals surface area contributed by atoms with Gasteiger partial charge in [0.25, 0.3) is 5.91 Å². The van der Waals surface area contributed by atoms with E-state index < -0.39 is 17.9 Å². The minimum atomic E-state index is -1.09. The molecule has 8 heteroatoms. The summed E-state index contributed by atoms with van der Waals surface area (Å²) in [6.07, 6.45) is 1.69. The van der Waals surface area contributed by atoms with Crippen molar-refractivity contribution in [2.24, 2.45) is 5.92 Å². The van der Waals surface area contributed by atoms with E-state index in [-0.39, 0.29) is 11.6 Å². The molecule has 0 unspecified atom stereocenters. The first-order chi connectivity index (χ1) is 12.4. The predicted octanol–water partition coefficient (Wildman–Crippen LogP) is 1.96. The zero-order valence-electron chi connectivity index (χ0n) is 14.7. The Kier molecular flexibility index (Phi) is 4.66. The van der Waals surface area contributed by atoms with E-state index in [0.29, 0.717) is 11.4 Å². The number of carboxylic acid groups (broad SMARTS) is 1. The van der Waals surface area contributed by atoms with Gasteiger partial charge in [-0.3, -0.25) is 9.78 Å². The summed E-state index contributed by atoms with van der Waals surface area (Å²) in [7, 11) is 0. The molecule has 0 aliphatic carbocycles. The van der Waals surface area contributed by atoms with Crippen molar-refractivity contribution in [1.29, 1.82) is 0 Å². The number of hydrogen-bond donors (Lipinski definition) is 2. The van der Waals surface area contributed by atoms with Crippen LogP contribution in [0.25, 0.3) is 16.6 Å². The molecule has 0 spiro atoms. The summed E-state index contributed by atoms with van der Waals surface area (Å²) in [5.74, 6) is -1.91. The standard InChI is InChI=1S/C18H19N5O3/c1-10(2)14(18(25)26)20-17(24)15-11(3)23(22-21-15)13-8-4-6-12-7-5-9-19-16(12)13/h4-10,14H,1-3H3,(H,20,24)(H,25,26)/t14-/m1/s1. The summed E-state index contributed by atoms with van der Waals surface area (Å²) < 4.78 is 1.54. The van der Waals surface area contributed by atoms with Gasteiger partial charge in [-0.05, 0) is 25.0 Å². The number of benzene rings is 1. The number of amides is 1. The number of rotatable bonds is 5. The molecule has 3 aromatic rings. The van der Waals surface area contributed by atoms with Crippen molar-refractivity contribution in [3.05, 3.63) is 47.9 Å². The van der Waals surface area contributed by atoms with Crippen LogP contribution in [0.15, 0.2) is 36.5 Å². The predicted molar refractivity (Wildman–Crippen MR) is 95.1 cm³/mol. The highest BCUT2D eigenvalue weighted by Gasteiger charge is 2.27. The maximum atomic E-state index is 12.5. The quantitative estimate of drug-likeness (QED) is 0.725. The highest BCUT2D eigenvalue weighted by Crippen LogP contribution is 2.21. The second-order valence-corrected chi connectivity index (χ2v) is 6.32. The number of aliphatic carboxylic acids is 1. The Morgan fingerprint density at radius 3 is 2.62 bits per heavy atom. The van der Waals surface area contributed by atoms with Gasteiger partial charge in [0.15, 0.2) is 5.69 Å². The topological polar surface area (TPSA) is 110 Å². The summed E-state index contributed by atoms with van der Waals surface area (Å²) in [6, 6.07) is 8.44. The average Bonchev–Trinajstić information content (AvgIpc) is 2.99. The van der Waals surface area contributed by atoms with E-state index in [4.69, 9.17) is 0 Å². The van der Waals surface area contributed by atoms with Gasteiger partial charge in [-0.25, -0.2) is 9.48 Å².